The quantitative estimate of drug-likeness (QED) is 0.242. The first kappa shape index (κ1) is 20.6. The van der Waals surface area contributed by atoms with Gasteiger partial charge in [0, 0.05) is 18.5 Å². The van der Waals surface area contributed by atoms with Crippen LogP contribution in [0.4, 0.5) is 0 Å². The molecule has 2 heterocycles. The van der Waals surface area contributed by atoms with Gasteiger partial charge in [-0.3, -0.25) is 9.59 Å². The molecule has 0 N–H and O–H groups in total. The summed E-state index contributed by atoms with van der Waals surface area (Å²) in [7, 11) is 0. The van der Waals surface area contributed by atoms with E-state index >= 15 is 0 Å². The highest BCUT2D eigenvalue weighted by atomic mass is 32.2. The van der Waals surface area contributed by atoms with E-state index in [2.05, 4.69) is 9.97 Å². The SMILES string of the molecule is O=C(Cc1ccc(-c2ccccc2)cc1)Oc1coc(CSc2ncccn2)cc1=O. The number of benzene rings is 2. The second-order valence-electron chi connectivity index (χ2n) is 6.61. The molecule has 0 atom stereocenters. The molecule has 31 heavy (non-hydrogen) atoms. The molecule has 0 amide bonds. The van der Waals surface area contributed by atoms with Crippen molar-refractivity contribution < 1.29 is 13.9 Å². The van der Waals surface area contributed by atoms with Crippen LogP contribution in [0.25, 0.3) is 11.1 Å². The Hall–Kier alpha value is -3.71. The lowest BCUT2D eigenvalue weighted by atomic mass is 10.0. The standard InChI is InChI=1S/C24H18N2O4S/c27-21-14-20(16-31-24-25-11-4-12-26-24)29-15-22(21)30-23(28)13-17-7-9-19(10-8-17)18-5-2-1-3-6-18/h1-12,14-15H,13,16H2. The minimum Gasteiger partial charge on any atom is -0.464 e. The van der Waals surface area contributed by atoms with E-state index in [9.17, 15) is 9.59 Å². The van der Waals surface area contributed by atoms with Crippen molar-refractivity contribution in [3.05, 3.63) is 107 Å². The van der Waals surface area contributed by atoms with Crippen LogP contribution in [0.5, 0.6) is 5.75 Å². The van der Waals surface area contributed by atoms with Gasteiger partial charge in [0.1, 0.15) is 12.0 Å². The number of carbonyl (C=O) groups excluding carboxylic acids is 1. The molecule has 0 unspecified atom stereocenters. The lowest BCUT2D eigenvalue weighted by Gasteiger charge is -2.06. The number of carbonyl (C=O) groups is 1. The Morgan fingerprint density at radius 3 is 2.35 bits per heavy atom. The first-order valence-electron chi connectivity index (χ1n) is 9.54. The van der Waals surface area contributed by atoms with Gasteiger partial charge < -0.3 is 9.15 Å². The van der Waals surface area contributed by atoms with E-state index in [0.29, 0.717) is 16.7 Å². The second kappa shape index (κ2) is 9.86. The molecule has 7 heteroatoms. The highest BCUT2D eigenvalue weighted by Crippen LogP contribution is 2.20. The number of nitrogens with zero attached hydrogens (tertiary/aromatic N) is 2. The Bertz CT molecular complexity index is 1210. The van der Waals surface area contributed by atoms with Crippen LogP contribution in [0.3, 0.4) is 0 Å². The van der Waals surface area contributed by atoms with Gasteiger partial charge in [-0.1, -0.05) is 66.4 Å². The van der Waals surface area contributed by atoms with Crippen LogP contribution in [0.15, 0.2) is 99.8 Å². The van der Waals surface area contributed by atoms with E-state index in [1.165, 1.54) is 24.1 Å². The largest absolute Gasteiger partial charge is 0.464 e. The summed E-state index contributed by atoms with van der Waals surface area (Å²) in [5.74, 6) is 0.176. The number of hydrogen-bond donors (Lipinski definition) is 0. The van der Waals surface area contributed by atoms with Crippen LogP contribution in [0.2, 0.25) is 0 Å². The monoisotopic (exact) mass is 430 g/mol. The van der Waals surface area contributed by atoms with Crippen LogP contribution in [-0.2, 0) is 17.0 Å². The minimum atomic E-state index is -0.528. The summed E-state index contributed by atoms with van der Waals surface area (Å²) < 4.78 is 10.6. The second-order valence-corrected chi connectivity index (χ2v) is 7.55. The molecule has 154 valence electrons. The summed E-state index contributed by atoms with van der Waals surface area (Å²) in [6, 6.07) is 20.7. The maximum atomic E-state index is 12.3. The molecule has 0 aliphatic rings. The predicted molar refractivity (Wildman–Crippen MR) is 118 cm³/mol. The van der Waals surface area contributed by atoms with Crippen molar-refractivity contribution in [1.82, 2.24) is 9.97 Å². The van der Waals surface area contributed by atoms with Crippen LogP contribution >= 0.6 is 11.8 Å². The first-order valence-corrected chi connectivity index (χ1v) is 10.5. The molecule has 0 saturated heterocycles. The Labute approximate surface area is 183 Å². The molecule has 2 aromatic carbocycles. The third-order valence-electron chi connectivity index (χ3n) is 4.37. The highest BCUT2D eigenvalue weighted by molar-refractivity contribution is 7.98. The summed E-state index contributed by atoms with van der Waals surface area (Å²) in [6.07, 6.45) is 4.50. The van der Waals surface area contributed by atoms with Crippen molar-refractivity contribution in [3.8, 4) is 16.9 Å². The van der Waals surface area contributed by atoms with Gasteiger partial charge in [-0.05, 0) is 22.8 Å². The Balaban J connectivity index is 1.34. The molecule has 0 aliphatic carbocycles. The van der Waals surface area contributed by atoms with E-state index in [1.54, 1.807) is 18.5 Å². The van der Waals surface area contributed by atoms with Crippen LogP contribution in [-0.4, -0.2) is 15.9 Å². The van der Waals surface area contributed by atoms with E-state index in [-0.39, 0.29) is 12.2 Å². The number of esters is 1. The highest BCUT2D eigenvalue weighted by Gasteiger charge is 2.12. The lowest BCUT2D eigenvalue weighted by molar-refractivity contribution is -0.133. The number of hydrogen-bond acceptors (Lipinski definition) is 7. The summed E-state index contributed by atoms with van der Waals surface area (Å²) in [5.41, 5.74) is 2.55. The van der Waals surface area contributed by atoms with Crippen LogP contribution in [0, 0.1) is 0 Å². The van der Waals surface area contributed by atoms with Crippen molar-refractivity contribution in [1.29, 1.82) is 0 Å². The number of thioether (sulfide) groups is 1. The van der Waals surface area contributed by atoms with E-state index < -0.39 is 11.4 Å². The Morgan fingerprint density at radius 1 is 0.935 bits per heavy atom. The molecular weight excluding hydrogens is 412 g/mol. The van der Waals surface area contributed by atoms with Crippen molar-refractivity contribution in [3.63, 3.8) is 0 Å². The molecule has 0 spiro atoms. The third kappa shape index (κ3) is 5.67. The van der Waals surface area contributed by atoms with Crippen molar-refractivity contribution in [2.75, 3.05) is 0 Å². The molecule has 4 aromatic rings. The zero-order chi connectivity index (χ0) is 21.5. The molecular formula is C24H18N2O4S. The van der Waals surface area contributed by atoms with Crippen LogP contribution in [0.1, 0.15) is 11.3 Å². The third-order valence-corrected chi connectivity index (χ3v) is 5.27. The molecule has 6 nitrogen and oxygen atoms in total. The van der Waals surface area contributed by atoms with Crippen molar-refractivity contribution in [2.24, 2.45) is 0 Å². The predicted octanol–water partition coefficient (Wildman–Crippen LogP) is 4.54. The van der Waals surface area contributed by atoms with Gasteiger partial charge in [-0.2, -0.15) is 0 Å². The molecule has 0 bridgehead atoms. The lowest BCUT2D eigenvalue weighted by Crippen LogP contribution is -2.16. The van der Waals surface area contributed by atoms with Gasteiger partial charge in [-0.15, -0.1) is 0 Å². The van der Waals surface area contributed by atoms with Crippen molar-refractivity contribution >= 4 is 17.7 Å². The first-order chi connectivity index (χ1) is 15.2. The number of rotatable bonds is 7. The summed E-state index contributed by atoms with van der Waals surface area (Å²) in [5, 5.41) is 0.582. The smallest absolute Gasteiger partial charge is 0.315 e. The fourth-order valence-corrected chi connectivity index (χ4v) is 3.55. The summed E-state index contributed by atoms with van der Waals surface area (Å²) in [4.78, 5) is 32.7. The number of ether oxygens (including phenoxy) is 1. The maximum absolute atomic E-state index is 12.3. The van der Waals surface area contributed by atoms with Gasteiger partial charge in [0.15, 0.2) is 5.16 Å². The van der Waals surface area contributed by atoms with E-state index in [1.807, 2.05) is 54.6 Å². The fourth-order valence-electron chi connectivity index (χ4n) is 2.86. The van der Waals surface area contributed by atoms with Gasteiger partial charge in [0.2, 0.25) is 11.2 Å². The zero-order valence-electron chi connectivity index (χ0n) is 16.4. The van der Waals surface area contributed by atoms with Gasteiger partial charge in [-0.25, -0.2) is 9.97 Å². The maximum Gasteiger partial charge on any atom is 0.315 e. The molecule has 2 aromatic heterocycles. The average molecular weight is 430 g/mol. The van der Waals surface area contributed by atoms with Crippen LogP contribution < -0.4 is 10.2 Å². The Kier molecular flexibility index (Phi) is 6.54. The molecule has 0 aliphatic heterocycles. The van der Waals surface area contributed by atoms with E-state index in [4.69, 9.17) is 9.15 Å². The summed E-state index contributed by atoms with van der Waals surface area (Å²) >= 11 is 1.34. The minimum absolute atomic E-state index is 0.0530. The molecule has 0 radical (unpaired) electrons. The number of aromatic nitrogens is 2. The average Bonchev–Trinajstić information content (AvgIpc) is 2.81. The fraction of sp³-hybridized carbons (Fsp3) is 0.0833. The normalized spacial score (nSPS) is 10.6. The summed E-state index contributed by atoms with van der Waals surface area (Å²) in [6.45, 7) is 0. The van der Waals surface area contributed by atoms with E-state index in [0.717, 1.165) is 16.7 Å². The zero-order valence-corrected chi connectivity index (χ0v) is 17.2. The Morgan fingerprint density at radius 2 is 1.65 bits per heavy atom. The molecule has 0 saturated carbocycles. The molecule has 4 rings (SSSR count). The molecule has 0 fully saturated rings. The van der Waals surface area contributed by atoms with Gasteiger partial charge in [0.05, 0.1) is 12.2 Å². The van der Waals surface area contributed by atoms with Gasteiger partial charge >= 0.3 is 5.97 Å². The van der Waals surface area contributed by atoms with Gasteiger partial charge in [0.25, 0.3) is 0 Å². The topological polar surface area (TPSA) is 82.3 Å². The van der Waals surface area contributed by atoms with Crippen molar-refractivity contribution in [2.45, 2.75) is 17.3 Å².